The lowest BCUT2D eigenvalue weighted by molar-refractivity contribution is 0.0527. The smallest absolute Gasteiger partial charge is 0.341 e. The van der Waals surface area contributed by atoms with Gasteiger partial charge in [0.05, 0.1) is 12.3 Å². The van der Waals surface area contributed by atoms with Gasteiger partial charge in [-0.1, -0.05) is 19.1 Å². The second-order valence-corrected chi connectivity index (χ2v) is 5.24. The van der Waals surface area contributed by atoms with Crippen molar-refractivity contribution in [3.05, 3.63) is 53.7 Å². The number of allylic oxidation sites excluding steroid dienone is 5. The van der Waals surface area contributed by atoms with E-state index in [9.17, 15) is 9.18 Å². The molecule has 1 heterocycles. The highest BCUT2D eigenvalue weighted by Crippen LogP contribution is 2.22. The van der Waals surface area contributed by atoms with Gasteiger partial charge in [-0.25, -0.2) is 14.2 Å². The van der Waals surface area contributed by atoms with Gasteiger partial charge in [-0.2, -0.15) is 0 Å². The van der Waals surface area contributed by atoms with Crippen molar-refractivity contribution in [3.8, 4) is 0 Å². The summed E-state index contributed by atoms with van der Waals surface area (Å²) in [5.74, 6) is -0.199. The summed E-state index contributed by atoms with van der Waals surface area (Å²) in [6.45, 7) is 4.82. The molecule has 0 bridgehead atoms. The SMILES string of the molecule is CCCNc1cc(NC2=CC(F)=CC=CC2)ncc1C(=O)OCC. The number of halogens is 1. The highest BCUT2D eigenvalue weighted by molar-refractivity contribution is 5.95. The maximum absolute atomic E-state index is 13.5. The number of carbonyl (C=O) groups excluding carboxylic acids is 1. The predicted octanol–water partition coefficient (Wildman–Crippen LogP) is 4.19. The Morgan fingerprint density at radius 1 is 1.42 bits per heavy atom. The monoisotopic (exact) mass is 331 g/mol. The van der Waals surface area contributed by atoms with E-state index in [1.54, 1.807) is 19.1 Å². The maximum Gasteiger partial charge on any atom is 0.341 e. The van der Waals surface area contributed by atoms with Gasteiger partial charge in [-0.05, 0) is 25.5 Å². The molecule has 0 radical (unpaired) electrons. The van der Waals surface area contributed by atoms with Gasteiger partial charge in [0.1, 0.15) is 17.2 Å². The lowest BCUT2D eigenvalue weighted by atomic mass is 10.2. The minimum absolute atomic E-state index is 0.302. The number of anilines is 2. The van der Waals surface area contributed by atoms with E-state index in [1.807, 2.05) is 13.0 Å². The van der Waals surface area contributed by atoms with Crippen LogP contribution in [0.4, 0.5) is 15.9 Å². The van der Waals surface area contributed by atoms with Crippen LogP contribution in [-0.4, -0.2) is 24.1 Å². The zero-order valence-electron chi connectivity index (χ0n) is 13.9. The van der Waals surface area contributed by atoms with Crippen molar-refractivity contribution in [2.75, 3.05) is 23.8 Å². The molecule has 0 unspecified atom stereocenters. The Labute approximate surface area is 141 Å². The molecule has 0 aromatic carbocycles. The van der Waals surface area contributed by atoms with Crippen LogP contribution in [0.25, 0.3) is 0 Å². The summed E-state index contributed by atoms with van der Waals surface area (Å²) in [4.78, 5) is 16.3. The molecule has 1 aliphatic carbocycles. The highest BCUT2D eigenvalue weighted by atomic mass is 19.1. The normalized spacial score (nSPS) is 13.6. The molecule has 1 aromatic heterocycles. The molecular weight excluding hydrogens is 309 g/mol. The van der Waals surface area contributed by atoms with Crippen molar-refractivity contribution in [1.29, 1.82) is 0 Å². The summed E-state index contributed by atoms with van der Waals surface area (Å²) >= 11 is 0. The average Bonchev–Trinajstić information content (AvgIpc) is 2.77. The van der Waals surface area contributed by atoms with Gasteiger partial charge in [0.25, 0.3) is 0 Å². The first-order valence-corrected chi connectivity index (χ1v) is 8.05. The van der Waals surface area contributed by atoms with Crippen molar-refractivity contribution in [2.45, 2.75) is 26.7 Å². The molecule has 1 aromatic rings. The van der Waals surface area contributed by atoms with Crippen molar-refractivity contribution >= 4 is 17.5 Å². The van der Waals surface area contributed by atoms with Crippen molar-refractivity contribution in [3.63, 3.8) is 0 Å². The Morgan fingerprint density at radius 3 is 3.00 bits per heavy atom. The third-order valence-electron chi connectivity index (χ3n) is 3.29. The van der Waals surface area contributed by atoms with Gasteiger partial charge < -0.3 is 15.4 Å². The fourth-order valence-electron chi connectivity index (χ4n) is 2.18. The quantitative estimate of drug-likeness (QED) is 0.734. The Kier molecular flexibility index (Phi) is 6.54. The molecule has 0 spiro atoms. The molecule has 0 fully saturated rings. The molecule has 0 atom stereocenters. The number of ether oxygens (including phenoxy) is 1. The van der Waals surface area contributed by atoms with Gasteiger partial charge in [0.15, 0.2) is 0 Å². The Bertz CT molecular complexity index is 681. The summed E-state index contributed by atoms with van der Waals surface area (Å²) in [7, 11) is 0. The summed E-state index contributed by atoms with van der Waals surface area (Å²) < 4.78 is 18.5. The van der Waals surface area contributed by atoms with Crippen LogP contribution in [0.1, 0.15) is 37.0 Å². The first kappa shape index (κ1) is 17.7. The molecule has 1 aliphatic rings. The van der Waals surface area contributed by atoms with Crippen molar-refractivity contribution < 1.29 is 13.9 Å². The van der Waals surface area contributed by atoms with E-state index in [4.69, 9.17) is 4.74 Å². The first-order valence-electron chi connectivity index (χ1n) is 8.05. The summed E-state index contributed by atoms with van der Waals surface area (Å²) in [6, 6.07) is 1.74. The second kappa shape index (κ2) is 8.86. The summed E-state index contributed by atoms with van der Waals surface area (Å²) in [5, 5.41) is 6.29. The number of nitrogens with zero attached hydrogens (tertiary/aromatic N) is 1. The number of hydrogen-bond acceptors (Lipinski definition) is 5. The zero-order chi connectivity index (χ0) is 17.4. The van der Waals surface area contributed by atoms with Crippen LogP contribution in [0.15, 0.2) is 48.1 Å². The van der Waals surface area contributed by atoms with Gasteiger partial charge in [0, 0.05) is 30.9 Å². The minimum atomic E-state index is -0.416. The van der Waals surface area contributed by atoms with Crippen molar-refractivity contribution in [1.82, 2.24) is 4.98 Å². The summed E-state index contributed by atoms with van der Waals surface area (Å²) in [5.41, 5.74) is 1.72. The molecular formula is C18H22FN3O2. The van der Waals surface area contributed by atoms with Gasteiger partial charge >= 0.3 is 5.97 Å². The maximum atomic E-state index is 13.5. The second-order valence-electron chi connectivity index (χ2n) is 5.24. The molecule has 128 valence electrons. The predicted molar refractivity (Wildman–Crippen MR) is 93.6 cm³/mol. The van der Waals surface area contributed by atoms with Gasteiger partial charge in [-0.15, -0.1) is 0 Å². The van der Waals surface area contributed by atoms with E-state index < -0.39 is 5.97 Å². The van der Waals surface area contributed by atoms with E-state index >= 15 is 0 Å². The largest absolute Gasteiger partial charge is 0.462 e. The Morgan fingerprint density at radius 2 is 2.25 bits per heavy atom. The number of pyridine rings is 1. The molecule has 2 rings (SSSR count). The number of aromatic nitrogens is 1. The lowest BCUT2D eigenvalue weighted by Gasteiger charge is -2.14. The van der Waals surface area contributed by atoms with Crippen LogP contribution < -0.4 is 10.6 Å². The van der Waals surface area contributed by atoms with E-state index in [1.165, 1.54) is 18.3 Å². The number of rotatable bonds is 7. The third kappa shape index (κ3) is 4.94. The van der Waals surface area contributed by atoms with Crippen LogP contribution in [0, 0.1) is 0 Å². The molecule has 0 amide bonds. The number of hydrogen-bond donors (Lipinski definition) is 2. The molecule has 6 heteroatoms. The standard InChI is InChI=1S/C18H22FN3O2/c1-3-9-20-16-11-17(21-12-15(16)18(23)24-4-2)22-14-8-6-5-7-13(19)10-14/h5-7,10-12H,3-4,8-9H2,1-2H3,(H2,20,21,22). The van der Waals surface area contributed by atoms with Crippen LogP contribution in [-0.2, 0) is 4.74 Å². The van der Waals surface area contributed by atoms with E-state index in [0.29, 0.717) is 35.8 Å². The zero-order valence-corrected chi connectivity index (χ0v) is 13.9. The van der Waals surface area contributed by atoms with E-state index in [-0.39, 0.29) is 5.83 Å². The average molecular weight is 331 g/mol. The molecule has 5 nitrogen and oxygen atoms in total. The van der Waals surface area contributed by atoms with E-state index in [0.717, 1.165) is 13.0 Å². The summed E-state index contributed by atoms with van der Waals surface area (Å²) in [6.07, 6.45) is 9.32. The fourth-order valence-corrected chi connectivity index (χ4v) is 2.18. The van der Waals surface area contributed by atoms with Crippen LogP contribution in [0.2, 0.25) is 0 Å². The lowest BCUT2D eigenvalue weighted by Crippen LogP contribution is -2.12. The number of carbonyl (C=O) groups is 1. The Balaban J connectivity index is 2.23. The van der Waals surface area contributed by atoms with Crippen LogP contribution in [0.5, 0.6) is 0 Å². The van der Waals surface area contributed by atoms with E-state index in [2.05, 4.69) is 15.6 Å². The molecule has 2 N–H and O–H groups in total. The fraction of sp³-hybridized carbons (Fsp3) is 0.333. The first-order chi connectivity index (χ1) is 11.6. The third-order valence-corrected chi connectivity index (χ3v) is 3.29. The van der Waals surface area contributed by atoms with Gasteiger partial charge in [-0.3, -0.25) is 0 Å². The Hall–Kier alpha value is -2.63. The highest BCUT2D eigenvalue weighted by Gasteiger charge is 2.14. The van der Waals surface area contributed by atoms with Crippen LogP contribution >= 0.6 is 0 Å². The number of esters is 1. The van der Waals surface area contributed by atoms with Crippen molar-refractivity contribution in [2.24, 2.45) is 0 Å². The minimum Gasteiger partial charge on any atom is -0.462 e. The van der Waals surface area contributed by atoms with Gasteiger partial charge in [0.2, 0.25) is 0 Å². The molecule has 0 saturated heterocycles. The molecule has 0 saturated carbocycles. The number of nitrogens with one attached hydrogen (secondary N) is 2. The topological polar surface area (TPSA) is 63.2 Å². The molecule has 0 aliphatic heterocycles. The van der Waals surface area contributed by atoms with Crippen LogP contribution in [0.3, 0.4) is 0 Å². The molecule has 24 heavy (non-hydrogen) atoms.